The van der Waals surface area contributed by atoms with Gasteiger partial charge in [-0.15, -0.1) is 0 Å². The van der Waals surface area contributed by atoms with E-state index in [0.29, 0.717) is 0 Å². The number of hydrogen-bond donors (Lipinski definition) is 0. The van der Waals surface area contributed by atoms with Crippen molar-refractivity contribution in [2.75, 3.05) is 38.6 Å². The average molecular weight is 263 g/mol. The summed E-state index contributed by atoms with van der Waals surface area (Å²) in [5.74, 6) is 2.04. The molecule has 0 amide bonds. The minimum absolute atomic E-state index is 0.797. The van der Waals surface area contributed by atoms with Crippen molar-refractivity contribution in [1.29, 1.82) is 0 Å². The fourth-order valence-corrected chi connectivity index (χ4v) is 4.85. The third-order valence-corrected chi connectivity index (χ3v) is 6.19. The first kappa shape index (κ1) is 14.7. The topological polar surface area (TPSA) is 12.5 Å². The standard InChI is InChI=1S/C12H25NOS2/c1-4-12(11(2)3)16-15-10-7-13-5-8-14-9-6-13/h11-12H,4-10H2,1-3H3. The second-order valence-electron chi connectivity index (χ2n) is 4.56. The van der Waals surface area contributed by atoms with Crippen LogP contribution in [-0.2, 0) is 4.74 Å². The Bertz CT molecular complexity index is 172. The second kappa shape index (κ2) is 8.67. The lowest BCUT2D eigenvalue weighted by molar-refractivity contribution is 0.0410. The van der Waals surface area contributed by atoms with Gasteiger partial charge in [-0.25, -0.2) is 0 Å². The third kappa shape index (κ3) is 5.80. The maximum absolute atomic E-state index is 5.34. The van der Waals surface area contributed by atoms with Gasteiger partial charge >= 0.3 is 0 Å². The van der Waals surface area contributed by atoms with Crippen LogP contribution in [0.1, 0.15) is 27.2 Å². The smallest absolute Gasteiger partial charge is 0.0594 e. The van der Waals surface area contributed by atoms with Crippen LogP contribution in [0, 0.1) is 5.92 Å². The molecule has 0 radical (unpaired) electrons. The monoisotopic (exact) mass is 263 g/mol. The molecular weight excluding hydrogens is 238 g/mol. The molecule has 1 unspecified atom stereocenters. The number of morpholine rings is 1. The predicted molar refractivity (Wildman–Crippen MR) is 76.2 cm³/mol. The van der Waals surface area contributed by atoms with Crippen molar-refractivity contribution in [3.63, 3.8) is 0 Å². The molecule has 0 aromatic carbocycles. The Morgan fingerprint density at radius 3 is 2.50 bits per heavy atom. The lowest BCUT2D eigenvalue weighted by Crippen LogP contribution is -2.37. The van der Waals surface area contributed by atoms with Crippen molar-refractivity contribution >= 4 is 21.6 Å². The molecule has 0 aromatic heterocycles. The predicted octanol–water partition coefficient (Wildman–Crippen LogP) is 3.13. The normalized spacial score (nSPS) is 20.2. The third-order valence-electron chi connectivity index (χ3n) is 2.93. The van der Waals surface area contributed by atoms with E-state index in [-0.39, 0.29) is 0 Å². The van der Waals surface area contributed by atoms with E-state index in [0.717, 1.165) is 37.5 Å². The van der Waals surface area contributed by atoms with E-state index in [2.05, 4.69) is 36.5 Å². The molecule has 1 aliphatic heterocycles. The molecule has 0 bridgehead atoms. The number of hydrogen-bond acceptors (Lipinski definition) is 4. The van der Waals surface area contributed by atoms with Crippen LogP contribution in [0.4, 0.5) is 0 Å². The van der Waals surface area contributed by atoms with Gasteiger partial charge in [0.15, 0.2) is 0 Å². The molecule has 0 saturated carbocycles. The zero-order valence-electron chi connectivity index (χ0n) is 10.8. The molecule has 1 fully saturated rings. The molecule has 16 heavy (non-hydrogen) atoms. The summed E-state index contributed by atoms with van der Waals surface area (Å²) < 4.78 is 5.34. The number of nitrogens with zero attached hydrogens (tertiary/aromatic N) is 1. The highest BCUT2D eigenvalue weighted by molar-refractivity contribution is 8.76. The minimum atomic E-state index is 0.797. The Labute approximate surface area is 108 Å². The van der Waals surface area contributed by atoms with Gasteiger partial charge in [-0.2, -0.15) is 0 Å². The molecule has 1 atom stereocenters. The average Bonchev–Trinajstić information content (AvgIpc) is 2.30. The molecule has 0 aliphatic carbocycles. The fourth-order valence-electron chi connectivity index (χ4n) is 1.78. The molecule has 0 spiro atoms. The molecule has 96 valence electrons. The van der Waals surface area contributed by atoms with E-state index < -0.39 is 0 Å². The molecule has 0 aromatic rings. The Hall–Kier alpha value is 0.620. The van der Waals surface area contributed by atoms with Gasteiger partial charge < -0.3 is 4.74 Å². The highest BCUT2D eigenvalue weighted by Gasteiger charge is 2.13. The summed E-state index contributed by atoms with van der Waals surface area (Å²) >= 11 is 0. The summed E-state index contributed by atoms with van der Waals surface area (Å²) in [5.41, 5.74) is 0. The van der Waals surface area contributed by atoms with Crippen LogP contribution >= 0.6 is 21.6 Å². The van der Waals surface area contributed by atoms with E-state index in [1.54, 1.807) is 0 Å². The van der Waals surface area contributed by atoms with E-state index in [4.69, 9.17) is 4.74 Å². The lowest BCUT2D eigenvalue weighted by Gasteiger charge is -2.26. The van der Waals surface area contributed by atoms with Crippen LogP contribution in [0.3, 0.4) is 0 Å². The Morgan fingerprint density at radius 1 is 1.25 bits per heavy atom. The van der Waals surface area contributed by atoms with Gasteiger partial charge in [0.05, 0.1) is 13.2 Å². The summed E-state index contributed by atoms with van der Waals surface area (Å²) in [4.78, 5) is 2.51. The van der Waals surface area contributed by atoms with Crippen LogP contribution in [0.2, 0.25) is 0 Å². The van der Waals surface area contributed by atoms with Crippen LogP contribution in [0.25, 0.3) is 0 Å². The van der Waals surface area contributed by atoms with Crippen molar-refractivity contribution in [2.45, 2.75) is 32.4 Å². The molecule has 1 saturated heterocycles. The number of ether oxygens (including phenoxy) is 1. The second-order valence-corrected chi connectivity index (χ2v) is 7.29. The van der Waals surface area contributed by atoms with Gasteiger partial charge in [0, 0.05) is 30.6 Å². The van der Waals surface area contributed by atoms with Gasteiger partial charge in [-0.3, -0.25) is 4.90 Å². The molecular formula is C12H25NOS2. The van der Waals surface area contributed by atoms with Crippen molar-refractivity contribution in [2.24, 2.45) is 5.92 Å². The Morgan fingerprint density at radius 2 is 1.94 bits per heavy atom. The molecule has 4 heteroatoms. The lowest BCUT2D eigenvalue weighted by atomic mass is 10.1. The van der Waals surface area contributed by atoms with Gasteiger partial charge in [0.25, 0.3) is 0 Å². The first-order valence-electron chi connectivity index (χ1n) is 6.32. The van der Waals surface area contributed by atoms with E-state index in [9.17, 15) is 0 Å². The van der Waals surface area contributed by atoms with Gasteiger partial charge in [-0.05, 0) is 12.3 Å². The highest BCUT2D eigenvalue weighted by atomic mass is 33.1. The van der Waals surface area contributed by atoms with E-state index in [1.807, 2.05) is 10.8 Å². The summed E-state index contributed by atoms with van der Waals surface area (Å²) in [6.45, 7) is 12.2. The van der Waals surface area contributed by atoms with Crippen molar-refractivity contribution in [1.82, 2.24) is 4.90 Å². The van der Waals surface area contributed by atoms with Crippen molar-refractivity contribution in [3.05, 3.63) is 0 Å². The summed E-state index contributed by atoms with van der Waals surface area (Å²) in [6, 6.07) is 0. The van der Waals surface area contributed by atoms with Crippen molar-refractivity contribution < 1.29 is 4.74 Å². The van der Waals surface area contributed by atoms with E-state index >= 15 is 0 Å². The zero-order chi connectivity index (χ0) is 11.8. The number of rotatable bonds is 7. The summed E-state index contributed by atoms with van der Waals surface area (Å²) in [7, 11) is 4.12. The summed E-state index contributed by atoms with van der Waals surface area (Å²) in [5, 5.41) is 0.815. The molecule has 1 aliphatic rings. The summed E-state index contributed by atoms with van der Waals surface area (Å²) in [6.07, 6.45) is 1.28. The largest absolute Gasteiger partial charge is 0.379 e. The molecule has 2 nitrogen and oxygen atoms in total. The minimum Gasteiger partial charge on any atom is -0.379 e. The molecule has 0 N–H and O–H groups in total. The van der Waals surface area contributed by atoms with Gasteiger partial charge in [0.2, 0.25) is 0 Å². The maximum atomic E-state index is 5.34. The zero-order valence-corrected chi connectivity index (χ0v) is 12.4. The fraction of sp³-hybridized carbons (Fsp3) is 1.00. The van der Waals surface area contributed by atoms with Crippen LogP contribution in [0.5, 0.6) is 0 Å². The molecule has 1 heterocycles. The van der Waals surface area contributed by atoms with E-state index in [1.165, 1.54) is 18.7 Å². The first-order chi connectivity index (χ1) is 7.74. The maximum Gasteiger partial charge on any atom is 0.0594 e. The first-order valence-corrected chi connectivity index (χ1v) is 8.70. The quantitative estimate of drug-likeness (QED) is 0.516. The Balaban J connectivity index is 2.01. The Kier molecular flexibility index (Phi) is 7.96. The van der Waals surface area contributed by atoms with Crippen LogP contribution in [-0.4, -0.2) is 48.8 Å². The van der Waals surface area contributed by atoms with Crippen LogP contribution < -0.4 is 0 Å². The van der Waals surface area contributed by atoms with Gasteiger partial charge in [-0.1, -0.05) is 42.4 Å². The van der Waals surface area contributed by atoms with Gasteiger partial charge in [0.1, 0.15) is 0 Å². The van der Waals surface area contributed by atoms with Crippen LogP contribution in [0.15, 0.2) is 0 Å². The highest BCUT2D eigenvalue weighted by Crippen LogP contribution is 2.32. The molecule has 1 rings (SSSR count). The SMILES string of the molecule is CCC(SSCCN1CCOCC1)C(C)C. The van der Waals surface area contributed by atoms with Crippen molar-refractivity contribution in [3.8, 4) is 0 Å².